The number of fused-ring (bicyclic) bond motifs is 1. The SMILES string of the molecule is O=C1COc2cc(NC(=O)N3CCCC3c3ccccc3Cl)ccc2N1. The number of hydrogen-bond acceptors (Lipinski definition) is 3. The molecule has 2 aromatic rings. The number of benzene rings is 2. The van der Waals surface area contributed by atoms with Crippen LogP contribution in [0.4, 0.5) is 16.2 Å². The van der Waals surface area contributed by atoms with Crippen LogP contribution in [0, 0.1) is 0 Å². The Morgan fingerprint density at radius 2 is 2.12 bits per heavy atom. The van der Waals surface area contributed by atoms with Crippen LogP contribution in [0.15, 0.2) is 42.5 Å². The lowest BCUT2D eigenvalue weighted by Crippen LogP contribution is -2.34. The highest BCUT2D eigenvalue weighted by molar-refractivity contribution is 6.31. The van der Waals surface area contributed by atoms with Gasteiger partial charge in [0.25, 0.3) is 5.91 Å². The zero-order chi connectivity index (χ0) is 18.1. The van der Waals surface area contributed by atoms with E-state index in [0.717, 1.165) is 18.4 Å². The fourth-order valence-electron chi connectivity index (χ4n) is 3.43. The van der Waals surface area contributed by atoms with Gasteiger partial charge >= 0.3 is 6.03 Å². The van der Waals surface area contributed by atoms with Gasteiger partial charge in [0.2, 0.25) is 0 Å². The van der Waals surface area contributed by atoms with Crippen LogP contribution in [0.3, 0.4) is 0 Å². The van der Waals surface area contributed by atoms with Crippen molar-refractivity contribution in [2.24, 2.45) is 0 Å². The molecule has 2 aromatic carbocycles. The van der Waals surface area contributed by atoms with E-state index in [2.05, 4.69) is 10.6 Å². The van der Waals surface area contributed by atoms with E-state index in [9.17, 15) is 9.59 Å². The highest BCUT2D eigenvalue weighted by Gasteiger charge is 2.31. The number of ether oxygens (including phenoxy) is 1. The summed E-state index contributed by atoms with van der Waals surface area (Å²) >= 11 is 6.32. The third kappa shape index (κ3) is 3.20. The third-order valence-corrected chi connectivity index (χ3v) is 4.99. The van der Waals surface area contributed by atoms with Crippen LogP contribution in [0.2, 0.25) is 5.02 Å². The topological polar surface area (TPSA) is 70.7 Å². The molecule has 1 saturated heterocycles. The van der Waals surface area contributed by atoms with E-state index >= 15 is 0 Å². The molecule has 3 amide bonds. The Labute approximate surface area is 156 Å². The second kappa shape index (κ2) is 6.88. The summed E-state index contributed by atoms with van der Waals surface area (Å²) in [6, 6.07) is 12.6. The third-order valence-electron chi connectivity index (χ3n) is 4.64. The van der Waals surface area contributed by atoms with Crippen molar-refractivity contribution in [1.82, 2.24) is 4.90 Å². The quantitative estimate of drug-likeness (QED) is 0.836. The Morgan fingerprint density at radius 3 is 2.96 bits per heavy atom. The molecule has 1 fully saturated rings. The maximum absolute atomic E-state index is 12.8. The molecule has 2 N–H and O–H groups in total. The Bertz CT molecular complexity index is 871. The van der Waals surface area contributed by atoms with Crippen molar-refractivity contribution in [3.05, 3.63) is 53.1 Å². The molecule has 6 nitrogen and oxygen atoms in total. The maximum Gasteiger partial charge on any atom is 0.322 e. The van der Waals surface area contributed by atoms with Gasteiger partial charge in [-0.05, 0) is 36.6 Å². The predicted octanol–water partition coefficient (Wildman–Crippen LogP) is 4.04. The van der Waals surface area contributed by atoms with Gasteiger partial charge in [-0.25, -0.2) is 4.79 Å². The number of likely N-dealkylation sites (tertiary alicyclic amines) is 1. The van der Waals surface area contributed by atoms with Gasteiger partial charge in [-0.2, -0.15) is 0 Å². The van der Waals surface area contributed by atoms with Gasteiger partial charge in [-0.1, -0.05) is 29.8 Å². The van der Waals surface area contributed by atoms with Crippen LogP contribution in [0.25, 0.3) is 0 Å². The van der Waals surface area contributed by atoms with Gasteiger partial charge in [0.15, 0.2) is 6.61 Å². The van der Waals surface area contributed by atoms with Crippen molar-refractivity contribution in [3.63, 3.8) is 0 Å². The molecule has 1 atom stereocenters. The first-order valence-corrected chi connectivity index (χ1v) is 8.88. The molecule has 0 spiro atoms. The number of halogens is 1. The van der Waals surface area contributed by atoms with E-state index in [4.69, 9.17) is 16.3 Å². The molecule has 2 aliphatic rings. The van der Waals surface area contributed by atoms with Crippen LogP contribution in [0.1, 0.15) is 24.4 Å². The van der Waals surface area contributed by atoms with Crippen molar-refractivity contribution in [2.75, 3.05) is 23.8 Å². The first kappa shape index (κ1) is 16.7. The Hall–Kier alpha value is -2.73. The van der Waals surface area contributed by atoms with E-state index in [1.165, 1.54) is 0 Å². The Balaban J connectivity index is 1.51. The number of rotatable bonds is 2. The molecule has 26 heavy (non-hydrogen) atoms. The Morgan fingerprint density at radius 1 is 1.27 bits per heavy atom. The summed E-state index contributed by atoms with van der Waals surface area (Å²) in [5.41, 5.74) is 2.20. The summed E-state index contributed by atoms with van der Waals surface area (Å²) in [7, 11) is 0. The van der Waals surface area contributed by atoms with Gasteiger partial charge in [0.05, 0.1) is 11.7 Å². The van der Waals surface area contributed by atoms with Crippen molar-refractivity contribution >= 4 is 34.9 Å². The van der Waals surface area contributed by atoms with Crippen LogP contribution in [-0.4, -0.2) is 30.0 Å². The lowest BCUT2D eigenvalue weighted by atomic mass is 10.0. The molecule has 0 bridgehead atoms. The largest absolute Gasteiger partial charge is 0.482 e. The lowest BCUT2D eigenvalue weighted by Gasteiger charge is -2.26. The van der Waals surface area contributed by atoms with Crippen molar-refractivity contribution < 1.29 is 14.3 Å². The molecule has 0 aromatic heterocycles. The molecular formula is C19H18ClN3O3. The number of hydrogen-bond donors (Lipinski definition) is 2. The van der Waals surface area contributed by atoms with Gasteiger partial charge < -0.3 is 20.3 Å². The van der Waals surface area contributed by atoms with E-state index in [1.54, 1.807) is 18.2 Å². The van der Waals surface area contributed by atoms with Gasteiger partial charge in [0, 0.05) is 23.3 Å². The van der Waals surface area contributed by atoms with E-state index < -0.39 is 0 Å². The highest BCUT2D eigenvalue weighted by Crippen LogP contribution is 2.36. The van der Waals surface area contributed by atoms with Crippen LogP contribution < -0.4 is 15.4 Å². The molecule has 134 valence electrons. The highest BCUT2D eigenvalue weighted by atomic mass is 35.5. The van der Waals surface area contributed by atoms with Crippen molar-refractivity contribution in [1.29, 1.82) is 0 Å². The van der Waals surface area contributed by atoms with Crippen LogP contribution in [0.5, 0.6) is 5.75 Å². The first-order chi connectivity index (χ1) is 12.6. The zero-order valence-electron chi connectivity index (χ0n) is 14.0. The monoisotopic (exact) mass is 371 g/mol. The molecule has 0 saturated carbocycles. The summed E-state index contributed by atoms with van der Waals surface area (Å²) in [5, 5.41) is 6.32. The molecule has 0 radical (unpaired) electrons. The first-order valence-electron chi connectivity index (χ1n) is 8.50. The minimum absolute atomic E-state index is 0.0227. The van der Waals surface area contributed by atoms with E-state index in [1.807, 2.05) is 29.2 Å². The zero-order valence-corrected chi connectivity index (χ0v) is 14.8. The van der Waals surface area contributed by atoms with Gasteiger partial charge in [-0.3, -0.25) is 4.79 Å². The standard InChI is InChI=1S/C19H18ClN3O3/c20-14-5-2-1-4-13(14)16-6-3-9-23(16)19(25)21-12-7-8-15-17(10-12)26-11-18(24)22-15/h1-2,4-5,7-8,10,16H,3,6,9,11H2,(H,21,25)(H,22,24). The molecule has 4 rings (SSSR count). The number of anilines is 2. The molecule has 2 heterocycles. The van der Waals surface area contributed by atoms with E-state index in [-0.39, 0.29) is 24.6 Å². The minimum Gasteiger partial charge on any atom is -0.482 e. The average molecular weight is 372 g/mol. The van der Waals surface area contributed by atoms with E-state index in [0.29, 0.717) is 28.7 Å². The van der Waals surface area contributed by atoms with Crippen LogP contribution >= 0.6 is 11.6 Å². The minimum atomic E-state index is -0.186. The number of nitrogens with zero attached hydrogens (tertiary/aromatic N) is 1. The van der Waals surface area contributed by atoms with Crippen molar-refractivity contribution in [3.8, 4) is 5.75 Å². The number of nitrogens with one attached hydrogen (secondary N) is 2. The number of amides is 3. The molecule has 1 unspecified atom stereocenters. The second-order valence-electron chi connectivity index (χ2n) is 6.35. The fourth-order valence-corrected chi connectivity index (χ4v) is 3.69. The van der Waals surface area contributed by atoms with Gasteiger partial charge in [-0.15, -0.1) is 0 Å². The summed E-state index contributed by atoms with van der Waals surface area (Å²) in [6.07, 6.45) is 1.82. The molecule has 2 aliphatic heterocycles. The normalized spacial score (nSPS) is 18.7. The molecule has 0 aliphatic carbocycles. The summed E-state index contributed by atoms with van der Waals surface area (Å²) in [5.74, 6) is 0.361. The molecular weight excluding hydrogens is 354 g/mol. The summed E-state index contributed by atoms with van der Waals surface area (Å²) in [6.45, 7) is 0.657. The van der Waals surface area contributed by atoms with Crippen molar-refractivity contribution in [2.45, 2.75) is 18.9 Å². The second-order valence-corrected chi connectivity index (χ2v) is 6.76. The van der Waals surface area contributed by atoms with Crippen LogP contribution in [-0.2, 0) is 4.79 Å². The number of carbonyl (C=O) groups excluding carboxylic acids is 2. The maximum atomic E-state index is 12.8. The van der Waals surface area contributed by atoms with Gasteiger partial charge in [0.1, 0.15) is 5.75 Å². The fraction of sp³-hybridized carbons (Fsp3) is 0.263. The summed E-state index contributed by atoms with van der Waals surface area (Å²) < 4.78 is 5.40. The Kier molecular flexibility index (Phi) is 4.42. The number of urea groups is 1. The predicted molar refractivity (Wildman–Crippen MR) is 99.7 cm³/mol. The average Bonchev–Trinajstić information content (AvgIpc) is 3.12. The molecule has 7 heteroatoms. The smallest absolute Gasteiger partial charge is 0.322 e. The summed E-state index contributed by atoms with van der Waals surface area (Å²) in [4.78, 5) is 25.9. The number of carbonyl (C=O) groups is 2. The lowest BCUT2D eigenvalue weighted by molar-refractivity contribution is -0.118.